The Hall–Kier alpha value is -3.74. The second-order valence-electron chi connectivity index (χ2n) is 7.29. The number of amides is 2. The molecule has 0 saturated carbocycles. The summed E-state index contributed by atoms with van der Waals surface area (Å²) >= 11 is 0. The molecule has 0 bridgehead atoms. The van der Waals surface area contributed by atoms with Crippen molar-refractivity contribution in [3.63, 3.8) is 0 Å². The highest BCUT2D eigenvalue weighted by atomic mass is 19.1. The quantitative estimate of drug-likeness (QED) is 0.520. The van der Waals surface area contributed by atoms with Crippen LogP contribution < -0.4 is 10.6 Å². The molecule has 0 aliphatic carbocycles. The zero-order valence-corrected chi connectivity index (χ0v) is 17.0. The van der Waals surface area contributed by atoms with E-state index < -0.39 is 35.7 Å². The molecule has 0 aromatic heterocycles. The molecule has 0 unspecified atom stereocenters. The van der Waals surface area contributed by atoms with Gasteiger partial charge in [0.25, 0.3) is 0 Å². The van der Waals surface area contributed by atoms with Gasteiger partial charge in [0.1, 0.15) is 17.9 Å². The Kier molecular flexibility index (Phi) is 6.97. The highest BCUT2D eigenvalue weighted by Gasteiger charge is 2.27. The monoisotopic (exact) mass is 422 g/mol. The molecule has 2 atom stereocenters. The zero-order valence-electron chi connectivity index (χ0n) is 17.0. The van der Waals surface area contributed by atoms with Gasteiger partial charge in [-0.2, -0.15) is 0 Å². The van der Waals surface area contributed by atoms with Crippen LogP contribution in [0.4, 0.5) is 4.39 Å². The molecule has 3 rings (SSSR count). The standard InChI is InChI=1S/C24H23FN2O4/c1-15(28)26-21(14-18-8-3-5-12-20(18)25)23(29)27-22(24(30)31)13-17-10-6-9-16-7-2-4-11-19(16)17/h2-12,21-22H,13-14H2,1H3,(H,26,28)(H,27,29)(H,30,31)/t21-,22-/m0/s1. The van der Waals surface area contributed by atoms with Crippen LogP contribution in [0.15, 0.2) is 66.7 Å². The molecular weight excluding hydrogens is 399 g/mol. The number of hydrogen-bond acceptors (Lipinski definition) is 3. The predicted molar refractivity (Wildman–Crippen MR) is 115 cm³/mol. The first-order valence-corrected chi connectivity index (χ1v) is 9.85. The van der Waals surface area contributed by atoms with Crippen LogP contribution in [0.5, 0.6) is 0 Å². The average molecular weight is 422 g/mol. The average Bonchev–Trinajstić information content (AvgIpc) is 2.74. The number of rotatable bonds is 8. The first-order valence-electron chi connectivity index (χ1n) is 9.85. The summed E-state index contributed by atoms with van der Waals surface area (Å²) in [6.07, 6.45) is -0.0341. The van der Waals surface area contributed by atoms with Gasteiger partial charge in [0.05, 0.1) is 0 Å². The normalized spacial score (nSPS) is 12.7. The zero-order chi connectivity index (χ0) is 22.4. The van der Waals surface area contributed by atoms with Gasteiger partial charge < -0.3 is 15.7 Å². The van der Waals surface area contributed by atoms with Gasteiger partial charge in [-0.15, -0.1) is 0 Å². The van der Waals surface area contributed by atoms with Crippen molar-refractivity contribution in [2.75, 3.05) is 0 Å². The van der Waals surface area contributed by atoms with E-state index in [9.17, 15) is 23.9 Å². The van der Waals surface area contributed by atoms with E-state index in [2.05, 4.69) is 10.6 Å². The molecule has 6 nitrogen and oxygen atoms in total. The Balaban J connectivity index is 1.81. The summed E-state index contributed by atoms with van der Waals surface area (Å²) in [5.74, 6) is -2.87. The van der Waals surface area contributed by atoms with Crippen molar-refractivity contribution in [1.82, 2.24) is 10.6 Å². The summed E-state index contributed by atoms with van der Waals surface area (Å²) < 4.78 is 14.0. The molecular formula is C24H23FN2O4. The smallest absolute Gasteiger partial charge is 0.326 e. The van der Waals surface area contributed by atoms with E-state index in [0.717, 1.165) is 16.3 Å². The summed E-state index contributed by atoms with van der Waals surface area (Å²) in [5.41, 5.74) is 1.02. The lowest BCUT2D eigenvalue weighted by Crippen LogP contribution is -2.52. The minimum atomic E-state index is -1.21. The Morgan fingerprint density at radius 2 is 1.45 bits per heavy atom. The van der Waals surface area contributed by atoms with Crippen LogP contribution in [0, 0.1) is 5.82 Å². The minimum Gasteiger partial charge on any atom is -0.480 e. The second kappa shape index (κ2) is 9.84. The molecule has 0 heterocycles. The van der Waals surface area contributed by atoms with Crippen LogP contribution in [0.25, 0.3) is 10.8 Å². The van der Waals surface area contributed by atoms with Crippen LogP contribution in [0.3, 0.4) is 0 Å². The molecule has 31 heavy (non-hydrogen) atoms. The SMILES string of the molecule is CC(=O)N[C@@H](Cc1ccccc1F)C(=O)N[C@@H](Cc1cccc2ccccc12)C(=O)O. The molecule has 0 spiro atoms. The number of fused-ring (bicyclic) bond motifs is 1. The van der Waals surface area contributed by atoms with Crippen molar-refractivity contribution < 1.29 is 23.9 Å². The summed E-state index contributed by atoms with van der Waals surface area (Å²) in [4.78, 5) is 36.3. The van der Waals surface area contributed by atoms with Gasteiger partial charge in [-0.1, -0.05) is 60.7 Å². The molecule has 3 aromatic rings. The van der Waals surface area contributed by atoms with Crippen molar-refractivity contribution in [2.24, 2.45) is 0 Å². The van der Waals surface area contributed by atoms with Crippen molar-refractivity contribution >= 4 is 28.6 Å². The number of nitrogens with one attached hydrogen (secondary N) is 2. The fourth-order valence-electron chi connectivity index (χ4n) is 3.50. The number of aliphatic carboxylic acids is 1. The van der Waals surface area contributed by atoms with Crippen LogP contribution in [0.2, 0.25) is 0 Å². The van der Waals surface area contributed by atoms with E-state index in [1.165, 1.54) is 25.1 Å². The maximum atomic E-state index is 14.0. The highest BCUT2D eigenvalue weighted by Crippen LogP contribution is 2.20. The number of carboxylic acid groups (broad SMARTS) is 1. The maximum absolute atomic E-state index is 14.0. The maximum Gasteiger partial charge on any atom is 0.326 e. The molecule has 3 N–H and O–H groups in total. The van der Waals surface area contributed by atoms with E-state index in [-0.39, 0.29) is 18.4 Å². The van der Waals surface area contributed by atoms with Crippen molar-refractivity contribution in [1.29, 1.82) is 0 Å². The van der Waals surface area contributed by atoms with Gasteiger partial charge in [0, 0.05) is 19.8 Å². The molecule has 3 aromatic carbocycles. The molecule has 7 heteroatoms. The Labute approximate surface area is 179 Å². The Morgan fingerprint density at radius 1 is 0.839 bits per heavy atom. The van der Waals surface area contributed by atoms with E-state index in [0.29, 0.717) is 0 Å². The summed E-state index contributed by atoms with van der Waals surface area (Å²) in [6, 6.07) is 16.8. The van der Waals surface area contributed by atoms with Gasteiger partial charge in [0.15, 0.2) is 0 Å². The van der Waals surface area contributed by atoms with Crippen LogP contribution in [-0.4, -0.2) is 35.0 Å². The largest absolute Gasteiger partial charge is 0.480 e. The number of carbonyl (C=O) groups excluding carboxylic acids is 2. The lowest BCUT2D eigenvalue weighted by Gasteiger charge is -2.22. The minimum absolute atomic E-state index is 0.0644. The summed E-state index contributed by atoms with van der Waals surface area (Å²) in [7, 11) is 0. The first kappa shape index (κ1) is 22.0. The number of benzene rings is 3. The molecule has 0 radical (unpaired) electrons. The van der Waals surface area contributed by atoms with Crippen molar-refractivity contribution in [2.45, 2.75) is 31.8 Å². The van der Waals surface area contributed by atoms with E-state index in [4.69, 9.17) is 0 Å². The number of carboxylic acids is 1. The summed E-state index contributed by atoms with van der Waals surface area (Å²) in [6.45, 7) is 1.24. The molecule has 0 aliphatic rings. The van der Waals surface area contributed by atoms with Crippen LogP contribution in [-0.2, 0) is 27.2 Å². The fourth-order valence-corrected chi connectivity index (χ4v) is 3.50. The topological polar surface area (TPSA) is 95.5 Å². The third-order valence-corrected chi connectivity index (χ3v) is 4.99. The van der Waals surface area contributed by atoms with Gasteiger partial charge in [-0.05, 0) is 28.0 Å². The molecule has 2 amide bonds. The van der Waals surface area contributed by atoms with Crippen molar-refractivity contribution in [3.8, 4) is 0 Å². The third kappa shape index (κ3) is 5.66. The first-order chi connectivity index (χ1) is 14.8. The number of carbonyl (C=O) groups is 3. The number of halogens is 1. The highest BCUT2D eigenvalue weighted by molar-refractivity contribution is 5.91. The lowest BCUT2D eigenvalue weighted by atomic mass is 9.98. The van der Waals surface area contributed by atoms with Gasteiger partial charge in [-0.3, -0.25) is 9.59 Å². The molecule has 160 valence electrons. The third-order valence-electron chi connectivity index (χ3n) is 4.99. The Morgan fingerprint density at radius 3 is 2.16 bits per heavy atom. The molecule has 0 aliphatic heterocycles. The van der Waals surface area contributed by atoms with E-state index in [1.807, 2.05) is 42.5 Å². The second-order valence-corrected chi connectivity index (χ2v) is 7.29. The van der Waals surface area contributed by atoms with Gasteiger partial charge >= 0.3 is 5.97 Å². The van der Waals surface area contributed by atoms with Gasteiger partial charge in [0.2, 0.25) is 11.8 Å². The number of hydrogen-bond donors (Lipinski definition) is 3. The van der Waals surface area contributed by atoms with Crippen LogP contribution in [0.1, 0.15) is 18.1 Å². The van der Waals surface area contributed by atoms with Crippen molar-refractivity contribution in [3.05, 3.63) is 83.7 Å². The fraction of sp³-hybridized carbons (Fsp3) is 0.208. The van der Waals surface area contributed by atoms with E-state index in [1.54, 1.807) is 6.07 Å². The molecule has 0 saturated heterocycles. The summed E-state index contributed by atoms with van der Waals surface area (Å²) in [5, 5.41) is 16.5. The van der Waals surface area contributed by atoms with E-state index >= 15 is 0 Å². The predicted octanol–water partition coefficient (Wildman–Crippen LogP) is 2.84. The van der Waals surface area contributed by atoms with Gasteiger partial charge in [-0.25, -0.2) is 9.18 Å². The molecule has 0 fully saturated rings. The van der Waals surface area contributed by atoms with Crippen LogP contribution >= 0.6 is 0 Å². The lowest BCUT2D eigenvalue weighted by molar-refractivity contribution is -0.142. The Bertz CT molecular complexity index is 1110.